The van der Waals surface area contributed by atoms with Gasteiger partial charge < -0.3 is 28.4 Å². The van der Waals surface area contributed by atoms with Crippen LogP contribution in [0.4, 0.5) is 22.0 Å². The lowest BCUT2D eigenvalue weighted by molar-refractivity contribution is -0.136. The molecule has 0 radical (unpaired) electrons. The van der Waals surface area contributed by atoms with E-state index in [0.29, 0.717) is 22.8 Å². The molecule has 0 aliphatic carbocycles. The van der Waals surface area contributed by atoms with Gasteiger partial charge in [-0.15, -0.1) is 0 Å². The Morgan fingerprint density at radius 1 is 0.821 bits per heavy atom. The van der Waals surface area contributed by atoms with Crippen LogP contribution in [0.2, 0.25) is 0 Å². The molecule has 39 heavy (non-hydrogen) atoms. The van der Waals surface area contributed by atoms with E-state index in [1.54, 1.807) is 12.1 Å². The molecule has 0 spiro atoms. The molecule has 0 saturated heterocycles. The monoisotopic (exact) mass is 552 g/mol. The molecule has 4 rings (SSSR count). The van der Waals surface area contributed by atoms with Gasteiger partial charge in [0.15, 0.2) is 29.6 Å². The van der Waals surface area contributed by atoms with E-state index in [9.17, 15) is 31.5 Å². The molecule has 0 bridgehead atoms. The summed E-state index contributed by atoms with van der Waals surface area (Å²) in [4.78, 5) is 24.9. The van der Waals surface area contributed by atoms with Crippen molar-refractivity contribution in [1.82, 2.24) is 0 Å². The lowest BCUT2D eigenvalue weighted by atomic mass is 10.1. The first-order chi connectivity index (χ1) is 18.6. The molecule has 0 fully saturated rings. The Kier molecular flexibility index (Phi) is 7.61. The second kappa shape index (κ2) is 10.9. The fourth-order valence-electron chi connectivity index (χ4n) is 3.54. The number of hydrogen-bond donors (Lipinski definition) is 0. The minimum absolute atomic E-state index is 0.0247. The van der Waals surface area contributed by atoms with Crippen molar-refractivity contribution in [2.75, 3.05) is 27.9 Å². The van der Waals surface area contributed by atoms with Gasteiger partial charge in [0.1, 0.15) is 17.2 Å². The first-order valence-corrected chi connectivity index (χ1v) is 10.8. The van der Waals surface area contributed by atoms with Crippen LogP contribution in [-0.4, -0.2) is 39.7 Å². The van der Waals surface area contributed by atoms with Crippen LogP contribution in [0.1, 0.15) is 15.9 Å². The molecule has 0 N–H and O–H groups in total. The van der Waals surface area contributed by atoms with E-state index in [0.717, 1.165) is 0 Å². The van der Waals surface area contributed by atoms with Crippen LogP contribution in [0.3, 0.4) is 0 Å². The van der Waals surface area contributed by atoms with E-state index in [1.165, 1.54) is 45.6 Å². The summed E-state index contributed by atoms with van der Waals surface area (Å²) in [6.07, 6.45) is 1.41. The molecule has 0 unspecified atom stereocenters. The molecule has 0 amide bonds. The van der Waals surface area contributed by atoms with Gasteiger partial charge in [-0.05, 0) is 24.3 Å². The van der Waals surface area contributed by atoms with Gasteiger partial charge in [-0.3, -0.25) is 4.79 Å². The number of fused-ring (bicyclic) bond motifs is 1. The molecule has 3 aromatic rings. The van der Waals surface area contributed by atoms with Crippen molar-refractivity contribution < 1.29 is 60.0 Å². The summed E-state index contributed by atoms with van der Waals surface area (Å²) < 4.78 is 98.1. The van der Waals surface area contributed by atoms with Gasteiger partial charge in [-0.2, -0.15) is 8.78 Å². The summed E-state index contributed by atoms with van der Waals surface area (Å²) in [5.74, 6) is -13.8. The van der Waals surface area contributed by atoms with Crippen molar-refractivity contribution in [3.8, 4) is 34.5 Å². The third kappa shape index (κ3) is 5.15. The van der Waals surface area contributed by atoms with Gasteiger partial charge in [0.2, 0.25) is 34.9 Å². The number of rotatable bonds is 8. The number of ether oxygens (including phenoxy) is 6. The zero-order chi connectivity index (χ0) is 28.4. The van der Waals surface area contributed by atoms with E-state index >= 15 is 0 Å². The standard InChI is InChI=1S/C26H17F5O8/c1-34-14-9-17(36-3)16(35-2)6-11(14)7-18-25(33)13-5-4-12(8-15(13)39-18)38-19(32)10-37-26-23(30)21(28)20(27)22(29)24(26)31/h4-9H,10H2,1-3H3/b18-7-. The van der Waals surface area contributed by atoms with Crippen molar-refractivity contribution >= 4 is 17.8 Å². The number of ketones is 1. The van der Waals surface area contributed by atoms with Crippen LogP contribution in [-0.2, 0) is 4.79 Å². The van der Waals surface area contributed by atoms with Gasteiger partial charge in [-0.25, -0.2) is 18.0 Å². The summed E-state index contributed by atoms with van der Waals surface area (Å²) in [5.41, 5.74) is 0.571. The maximum absolute atomic E-state index is 13.7. The maximum atomic E-state index is 13.7. The van der Waals surface area contributed by atoms with E-state index in [4.69, 9.17) is 23.7 Å². The predicted molar refractivity (Wildman–Crippen MR) is 123 cm³/mol. The highest BCUT2D eigenvalue weighted by atomic mass is 19.2. The van der Waals surface area contributed by atoms with Crippen LogP contribution >= 0.6 is 0 Å². The molecule has 0 atom stereocenters. The van der Waals surface area contributed by atoms with Crippen LogP contribution in [0, 0.1) is 29.1 Å². The molecule has 1 aliphatic heterocycles. The first kappa shape index (κ1) is 27.2. The quantitative estimate of drug-likeness (QED) is 0.0963. The highest BCUT2D eigenvalue weighted by Crippen LogP contribution is 2.39. The fraction of sp³-hybridized carbons (Fsp3) is 0.154. The Hall–Kier alpha value is -4.81. The molecular formula is C26H17F5O8. The lowest BCUT2D eigenvalue weighted by Gasteiger charge is -2.12. The minimum Gasteiger partial charge on any atom is -0.496 e. The number of carbonyl (C=O) groups excluding carboxylic acids is 2. The number of methoxy groups -OCH3 is 3. The maximum Gasteiger partial charge on any atom is 0.349 e. The number of carbonyl (C=O) groups is 2. The summed E-state index contributed by atoms with van der Waals surface area (Å²) in [6, 6.07) is 6.86. The van der Waals surface area contributed by atoms with Gasteiger partial charge in [0, 0.05) is 17.7 Å². The second-order valence-electron chi connectivity index (χ2n) is 7.71. The van der Waals surface area contributed by atoms with Crippen LogP contribution in [0.25, 0.3) is 6.08 Å². The largest absolute Gasteiger partial charge is 0.496 e. The van der Waals surface area contributed by atoms with Crippen molar-refractivity contribution in [2.45, 2.75) is 0 Å². The summed E-state index contributed by atoms with van der Waals surface area (Å²) in [7, 11) is 4.31. The number of halogens is 5. The second-order valence-corrected chi connectivity index (χ2v) is 7.71. The van der Waals surface area contributed by atoms with E-state index in [1.807, 2.05) is 0 Å². The van der Waals surface area contributed by atoms with Gasteiger partial charge in [0.05, 0.1) is 26.9 Å². The van der Waals surface area contributed by atoms with Crippen molar-refractivity contribution in [1.29, 1.82) is 0 Å². The molecule has 0 saturated carbocycles. The molecule has 1 aliphatic rings. The molecule has 0 aromatic heterocycles. The Labute approximate surface area is 217 Å². The van der Waals surface area contributed by atoms with E-state index in [2.05, 4.69) is 4.74 Å². The normalized spacial score (nSPS) is 13.1. The predicted octanol–water partition coefficient (Wildman–Crippen LogP) is 5.01. The summed E-state index contributed by atoms with van der Waals surface area (Å²) >= 11 is 0. The topological polar surface area (TPSA) is 89.5 Å². The van der Waals surface area contributed by atoms with Crippen LogP contribution in [0.5, 0.6) is 34.5 Å². The number of benzene rings is 3. The Balaban J connectivity index is 1.50. The van der Waals surface area contributed by atoms with Crippen molar-refractivity contribution in [3.05, 3.63) is 76.3 Å². The highest BCUT2D eigenvalue weighted by molar-refractivity contribution is 6.14. The van der Waals surface area contributed by atoms with Crippen LogP contribution in [0.15, 0.2) is 36.1 Å². The Morgan fingerprint density at radius 2 is 1.41 bits per heavy atom. The third-order valence-electron chi connectivity index (χ3n) is 5.40. The number of hydrogen-bond acceptors (Lipinski definition) is 8. The lowest BCUT2D eigenvalue weighted by Crippen LogP contribution is -2.19. The SMILES string of the molecule is COc1cc(OC)c(OC)cc1/C=C1\Oc2cc(OC(=O)COc3c(F)c(F)c(F)c(F)c3F)ccc2C1=O. The third-order valence-corrected chi connectivity index (χ3v) is 5.40. The van der Waals surface area contributed by atoms with Gasteiger partial charge in [0.25, 0.3) is 0 Å². The zero-order valence-electron chi connectivity index (χ0n) is 20.3. The molecule has 3 aromatic carbocycles. The smallest absolute Gasteiger partial charge is 0.349 e. The van der Waals surface area contributed by atoms with Crippen molar-refractivity contribution in [3.63, 3.8) is 0 Å². The Bertz CT molecular complexity index is 1490. The minimum atomic E-state index is -2.37. The van der Waals surface area contributed by atoms with E-state index in [-0.39, 0.29) is 22.8 Å². The van der Waals surface area contributed by atoms with Gasteiger partial charge >= 0.3 is 5.97 Å². The molecule has 8 nitrogen and oxygen atoms in total. The highest BCUT2D eigenvalue weighted by Gasteiger charge is 2.30. The fourth-order valence-corrected chi connectivity index (χ4v) is 3.54. The number of allylic oxidation sites excluding steroid dienone is 1. The molecule has 1 heterocycles. The zero-order valence-corrected chi connectivity index (χ0v) is 20.3. The number of esters is 1. The number of Topliss-reactive ketones (excluding diaryl/α,β-unsaturated/α-hetero) is 1. The molecule has 204 valence electrons. The van der Waals surface area contributed by atoms with Gasteiger partial charge in [-0.1, -0.05) is 0 Å². The summed E-state index contributed by atoms with van der Waals surface area (Å²) in [5, 5.41) is 0. The average Bonchev–Trinajstić information content (AvgIpc) is 3.24. The molecule has 13 heteroatoms. The first-order valence-electron chi connectivity index (χ1n) is 10.8. The average molecular weight is 552 g/mol. The molecular weight excluding hydrogens is 535 g/mol. The Morgan fingerprint density at radius 3 is 2.03 bits per heavy atom. The van der Waals surface area contributed by atoms with Crippen LogP contribution < -0.4 is 28.4 Å². The van der Waals surface area contributed by atoms with Crippen molar-refractivity contribution in [2.24, 2.45) is 0 Å². The summed E-state index contributed by atoms with van der Waals surface area (Å²) in [6.45, 7) is -1.19. The van der Waals surface area contributed by atoms with E-state index < -0.39 is 53.2 Å².